The molecule has 2 heterocycles. The van der Waals surface area contributed by atoms with Gasteiger partial charge >= 0.3 is 0 Å². The van der Waals surface area contributed by atoms with E-state index < -0.39 is 0 Å². The van der Waals surface area contributed by atoms with Gasteiger partial charge in [-0.05, 0) is 37.5 Å². The second kappa shape index (κ2) is 4.04. The molecule has 2 aromatic rings. The highest BCUT2D eigenvalue weighted by Crippen LogP contribution is 2.29. The number of benzene rings is 1. The van der Waals surface area contributed by atoms with Crippen LogP contribution in [0.15, 0.2) is 18.2 Å². The number of anilines is 1. The highest BCUT2D eigenvalue weighted by atomic mass is 16.5. The maximum atomic E-state index is 6.05. The number of nitrogens with two attached hydrogens (primary N) is 1. The fourth-order valence-electron chi connectivity index (χ4n) is 2.55. The van der Waals surface area contributed by atoms with Gasteiger partial charge < -0.3 is 15.0 Å². The van der Waals surface area contributed by atoms with Crippen molar-refractivity contribution in [3.05, 3.63) is 23.8 Å². The Labute approximate surface area is 100 Å². The van der Waals surface area contributed by atoms with Gasteiger partial charge in [0.2, 0.25) is 5.95 Å². The molecule has 0 bridgehead atoms. The summed E-state index contributed by atoms with van der Waals surface area (Å²) in [6.07, 6.45) is 2.03. The minimum atomic E-state index is 0.426. The number of hydrogen-bond acceptors (Lipinski definition) is 3. The van der Waals surface area contributed by atoms with E-state index in [-0.39, 0.29) is 0 Å². The third-order valence-electron chi connectivity index (χ3n) is 3.43. The third-order valence-corrected chi connectivity index (χ3v) is 3.43. The zero-order valence-corrected chi connectivity index (χ0v) is 10.0. The van der Waals surface area contributed by atoms with Crippen LogP contribution in [0.4, 0.5) is 5.95 Å². The lowest BCUT2D eigenvalue weighted by Crippen LogP contribution is -2.20. The normalized spacial score (nSPS) is 17.7. The number of rotatable bonds is 1. The van der Waals surface area contributed by atoms with E-state index in [2.05, 4.69) is 28.6 Å². The highest BCUT2D eigenvalue weighted by Gasteiger charge is 2.20. The van der Waals surface area contributed by atoms with Gasteiger partial charge in [0.05, 0.1) is 11.0 Å². The van der Waals surface area contributed by atoms with E-state index in [0.717, 1.165) is 37.1 Å². The number of ether oxygens (including phenoxy) is 1. The van der Waals surface area contributed by atoms with Crippen LogP contribution in [0.2, 0.25) is 0 Å². The average molecular weight is 231 g/mol. The molecule has 0 aliphatic carbocycles. The summed E-state index contributed by atoms with van der Waals surface area (Å²) in [4.78, 5) is 4.43. The predicted octanol–water partition coefficient (Wildman–Crippen LogP) is 2.28. The Morgan fingerprint density at radius 3 is 2.88 bits per heavy atom. The smallest absolute Gasteiger partial charge is 0.201 e. The maximum absolute atomic E-state index is 6.05. The average Bonchev–Trinajstić information content (AvgIpc) is 2.65. The molecule has 2 N–H and O–H groups in total. The Morgan fingerprint density at radius 2 is 2.12 bits per heavy atom. The van der Waals surface area contributed by atoms with Gasteiger partial charge in [-0.1, -0.05) is 6.07 Å². The highest BCUT2D eigenvalue weighted by molar-refractivity contribution is 5.79. The lowest BCUT2D eigenvalue weighted by atomic mass is 10.1. The van der Waals surface area contributed by atoms with Crippen molar-refractivity contribution in [2.75, 3.05) is 18.9 Å². The second-order valence-corrected chi connectivity index (χ2v) is 4.68. The van der Waals surface area contributed by atoms with Crippen molar-refractivity contribution in [2.45, 2.75) is 25.8 Å². The topological polar surface area (TPSA) is 53.1 Å². The van der Waals surface area contributed by atoms with Crippen molar-refractivity contribution in [1.29, 1.82) is 0 Å². The standard InChI is InChI=1S/C13H17N3O/c1-9-2-3-11-12(8-9)16(13(14)15-11)10-4-6-17-7-5-10/h2-3,8,10H,4-7H2,1H3,(H2,14,15). The molecule has 1 aliphatic rings. The summed E-state index contributed by atoms with van der Waals surface area (Å²) in [5, 5.41) is 0. The minimum absolute atomic E-state index is 0.426. The van der Waals surface area contributed by atoms with E-state index in [0.29, 0.717) is 12.0 Å². The monoisotopic (exact) mass is 231 g/mol. The molecule has 0 spiro atoms. The van der Waals surface area contributed by atoms with E-state index in [9.17, 15) is 0 Å². The van der Waals surface area contributed by atoms with Crippen LogP contribution >= 0.6 is 0 Å². The quantitative estimate of drug-likeness (QED) is 0.819. The summed E-state index contributed by atoms with van der Waals surface area (Å²) >= 11 is 0. The molecule has 17 heavy (non-hydrogen) atoms. The molecule has 1 fully saturated rings. The second-order valence-electron chi connectivity index (χ2n) is 4.68. The molecule has 90 valence electrons. The van der Waals surface area contributed by atoms with Crippen LogP contribution in [0.3, 0.4) is 0 Å². The SMILES string of the molecule is Cc1ccc2nc(N)n(C3CCOCC3)c2c1. The van der Waals surface area contributed by atoms with Gasteiger partial charge in [0.25, 0.3) is 0 Å². The van der Waals surface area contributed by atoms with Crippen LogP contribution in [0, 0.1) is 6.92 Å². The molecule has 3 rings (SSSR count). The van der Waals surface area contributed by atoms with Crippen LogP contribution in [0.5, 0.6) is 0 Å². The van der Waals surface area contributed by atoms with Crippen LogP contribution in [-0.4, -0.2) is 22.8 Å². The summed E-state index contributed by atoms with van der Waals surface area (Å²) in [6, 6.07) is 6.70. The Morgan fingerprint density at radius 1 is 1.35 bits per heavy atom. The lowest BCUT2D eigenvalue weighted by Gasteiger charge is -2.24. The first kappa shape index (κ1) is 10.6. The van der Waals surface area contributed by atoms with Gasteiger partial charge in [-0.25, -0.2) is 4.98 Å². The zero-order valence-electron chi connectivity index (χ0n) is 10.0. The summed E-state index contributed by atoms with van der Waals surface area (Å²) in [6.45, 7) is 3.72. The Balaban J connectivity index is 2.13. The molecule has 4 nitrogen and oxygen atoms in total. The summed E-state index contributed by atoms with van der Waals surface area (Å²) in [5.41, 5.74) is 9.42. The lowest BCUT2D eigenvalue weighted by molar-refractivity contribution is 0.0711. The van der Waals surface area contributed by atoms with Crippen molar-refractivity contribution in [3.8, 4) is 0 Å². The first-order valence-corrected chi connectivity index (χ1v) is 6.07. The summed E-state index contributed by atoms with van der Waals surface area (Å²) in [5.74, 6) is 0.623. The van der Waals surface area contributed by atoms with Crippen molar-refractivity contribution < 1.29 is 4.74 Å². The molecule has 0 amide bonds. The molecule has 0 saturated carbocycles. The number of hydrogen-bond donors (Lipinski definition) is 1. The van der Waals surface area contributed by atoms with Crippen LogP contribution in [0.25, 0.3) is 11.0 Å². The first-order valence-electron chi connectivity index (χ1n) is 6.07. The minimum Gasteiger partial charge on any atom is -0.381 e. The van der Waals surface area contributed by atoms with E-state index in [4.69, 9.17) is 10.5 Å². The molecule has 1 saturated heterocycles. The van der Waals surface area contributed by atoms with Crippen LogP contribution in [-0.2, 0) is 4.74 Å². The molecule has 1 aromatic heterocycles. The zero-order chi connectivity index (χ0) is 11.8. The molecule has 0 unspecified atom stereocenters. The number of nitrogens with zero attached hydrogens (tertiary/aromatic N) is 2. The van der Waals surface area contributed by atoms with Crippen LogP contribution in [0.1, 0.15) is 24.4 Å². The summed E-state index contributed by atoms with van der Waals surface area (Å²) in [7, 11) is 0. The molecule has 0 atom stereocenters. The van der Waals surface area contributed by atoms with Crippen molar-refractivity contribution in [2.24, 2.45) is 0 Å². The maximum Gasteiger partial charge on any atom is 0.201 e. The molecule has 4 heteroatoms. The van der Waals surface area contributed by atoms with Gasteiger partial charge in [0.15, 0.2) is 0 Å². The third kappa shape index (κ3) is 1.78. The summed E-state index contributed by atoms with van der Waals surface area (Å²) < 4.78 is 7.57. The van der Waals surface area contributed by atoms with E-state index in [1.807, 2.05) is 6.07 Å². The molecule has 1 aliphatic heterocycles. The molecular weight excluding hydrogens is 214 g/mol. The van der Waals surface area contributed by atoms with Gasteiger partial charge in [-0.15, -0.1) is 0 Å². The fraction of sp³-hybridized carbons (Fsp3) is 0.462. The van der Waals surface area contributed by atoms with Crippen LogP contribution < -0.4 is 5.73 Å². The molecule has 0 radical (unpaired) electrons. The van der Waals surface area contributed by atoms with E-state index in [1.54, 1.807) is 0 Å². The number of aromatic nitrogens is 2. The van der Waals surface area contributed by atoms with E-state index in [1.165, 1.54) is 5.56 Å². The Bertz CT molecular complexity index is 541. The van der Waals surface area contributed by atoms with Gasteiger partial charge in [-0.3, -0.25) is 0 Å². The van der Waals surface area contributed by atoms with Gasteiger partial charge in [0, 0.05) is 19.3 Å². The predicted molar refractivity (Wildman–Crippen MR) is 68.0 cm³/mol. The van der Waals surface area contributed by atoms with E-state index >= 15 is 0 Å². The van der Waals surface area contributed by atoms with Gasteiger partial charge in [-0.2, -0.15) is 0 Å². The van der Waals surface area contributed by atoms with Crippen molar-refractivity contribution >= 4 is 17.0 Å². The fourth-order valence-corrected chi connectivity index (χ4v) is 2.55. The number of imidazole rings is 1. The van der Waals surface area contributed by atoms with Crippen molar-refractivity contribution in [3.63, 3.8) is 0 Å². The van der Waals surface area contributed by atoms with Gasteiger partial charge in [0.1, 0.15) is 0 Å². The molecule has 1 aromatic carbocycles. The van der Waals surface area contributed by atoms with Crippen molar-refractivity contribution in [1.82, 2.24) is 9.55 Å². The first-order chi connectivity index (χ1) is 8.25. The molecular formula is C13H17N3O. The number of nitrogen functional groups attached to an aromatic ring is 1. The number of fused-ring (bicyclic) bond motifs is 1. The number of aryl methyl sites for hydroxylation is 1. The largest absolute Gasteiger partial charge is 0.381 e. The Hall–Kier alpha value is -1.55. The Kier molecular flexibility index (Phi) is 2.52.